The van der Waals surface area contributed by atoms with E-state index >= 15 is 0 Å². The minimum Gasteiger partial charge on any atom is -0.481 e. The van der Waals surface area contributed by atoms with Gasteiger partial charge >= 0.3 is 12.1 Å². The van der Waals surface area contributed by atoms with Gasteiger partial charge in [-0.15, -0.1) is 5.10 Å². The van der Waals surface area contributed by atoms with Crippen molar-refractivity contribution in [3.05, 3.63) is 11.4 Å². The largest absolute Gasteiger partial charge is 0.481 e. The summed E-state index contributed by atoms with van der Waals surface area (Å²) in [4.78, 5) is 34.8. The number of nitrogens with zero attached hydrogens (tertiary/aromatic N) is 3. The number of nitrogens with one attached hydrogen (secondary N) is 1. The van der Waals surface area contributed by atoms with Gasteiger partial charge in [0.1, 0.15) is 0 Å². The van der Waals surface area contributed by atoms with Crippen molar-refractivity contribution in [2.24, 2.45) is 34.3 Å². The molecule has 50 heavy (non-hydrogen) atoms. The van der Waals surface area contributed by atoms with Gasteiger partial charge in [0, 0.05) is 12.0 Å². The van der Waals surface area contributed by atoms with Gasteiger partial charge in [-0.2, -0.15) is 0 Å². The first-order chi connectivity index (χ1) is 23.9. The van der Waals surface area contributed by atoms with Gasteiger partial charge in [0.25, 0.3) is 0 Å². The monoisotopic (exact) mass is 707 g/mol. The fraction of sp³-hybridized carbons (Fsp3) is 0.865. The maximum atomic E-state index is 12.7. The quantitative estimate of drug-likeness (QED) is 0.101. The minimum atomic E-state index is -0.715. The van der Waals surface area contributed by atoms with Gasteiger partial charge in [-0.25, -0.2) is 9.48 Å². The van der Waals surface area contributed by atoms with Crippen molar-refractivity contribution in [1.82, 2.24) is 20.3 Å². The van der Waals surface area contributed by atoms with Crippen LogP contribution in [0.15, 0.2) is 0 Å². The van der Waals surface area contributed by atoms with Crippen molar-refractivity contribution in [1.29, 1.82) is 0 Å². The SMILES string of the molecule is CC(C)(CCCCCCCCCCC(C)(C)C(=O)NCCOCCOCCOCCn1nnc2c1CC[C@H]1[C@@H](CC2)[C@H]1COC(N)=O)C(=O)O. The van der Waals surface area contributed by atoms with Crippen molar-refractivity contribution in [3.8, 4) is 0 Å². The first kappa shape index (κ1) is 41.6. The number of carbonyl (C=O) groups excluding carboxylic acids is 2. The van der Waals surface area contributed by atoms with Crippen molar-refractivity contribution in [3.63, 3.8) is 0 Å². The molecule has 0 aromatic carbocycles. The lowest BCUT2D eigenvalue weighted by Gasteiger charge is -2.23. The summed E-state index contributed by atoms with van der Waals surface area (Å²) >= 11 is 0. The van der Waals surface area contributed by atoms with Crippen LogP contribution in [0.4, 0.5) is 4.79 Å². The molecule has 2 aliphatic carbocycles. The highest BCUT2D eigenvalue weighted by Crippen LogP contribution is 2.52. The van der Waals surface area contributed by atoms with Crippen LogP contribution in [-0.2, 0) is 47.9 Å². The van der Waals surface area contributed by atoms with E-state index in [2.05, 4.69) is 15.6 Å². The average Bonchev–Trinajstić information content (AvgIpc) is 3.57. The number of rotatable bonds is 27. The Hall–Kier alpha value is -2.77. The van der Waals surface area contributed by atoms with Gasteiger partial charge in [0.2, 0.25) is 5.91 Å². The Morgan fingerprint density at radius 2 is 1.34 bits per heavy atom. The molecular weight excluding hydrogens is 642 g/mol. The number of hydrogen-bond acceptors (Lipinski definition) is 9. The van der Waals surface area contributed by atoms with Gasteiger partial charge in [-0.3, -0.25) is 9.59 Å². The number of fused-ring (bicyclic) bond motifs is 2. The summed E-state index contributed by atoms with van der Waals surface area (Å²) in [5.41, 5.74) is 6.37. The Labute approximate surface area is 299 Å². The molecule has 0 spiro atoms. The van der Waals surface area contributed by atoms with E-state index in [9.17, 15) is 19.5 Å². The molecule has 2 aliphatic rings. The van der Waals surface area contributed by atoms with Crippen LogP contribution in [-0.4, -0.2) is 90.9 Å². The number of carboxylic acid groups (broad SMARTS) is 1. The molecule has 4 N–H and O–H groups in total. The van der Waals surface area contributed by atoms with Crippen LogP contribution in [0.1, 0.15) is 116 Å². The maximum Gasteiger partial charge on any atom is 0.404 e. The number of hydrogen-bond donors (Lipinski definition) is 3. The number of nitrogens with two attached hydrogens (primary N) is 1. The van der Waals surface area contributed by atoms with Gasteiger partial charge in [-0.05, 0) is 70.1 Å². The molecule has 0 unspecified atom stereocenters. The number of unbranched alkanes of at least 4 members (excludes halogenated alkanes) is 7. The molecule has 2 amide bonds. The molecule has 1 fully saturated rings. The summed E-state index contributed by atoms with van der Waals surface area (Å²) in [7, 11) is 0. The molecule has 286 valence electrons. The van der Waals surface area contributed by atoms with E-state index in [0.717, 1.165) is 76.3 Å². The number of aromatic nitrogens is 3. The van der Waals surface area contributed by atoms with E-state index in [1.165, 1.54) is 25.0 Å². The van der Waals surface area contributed by atoms with Crippen LogP contribution < -0.4 is 11.1 Å². The highest BCUT2D eigenvalue weighted by Gasteiger charge is 2.50. The van der Waals surface area contributed by atoms with Crippen molar-refractivity contribution in [2.45, 2.75) is 124 Å². The van der Waals surface area contributed by atoms with Crippen LogP contribution >= 0.6 is 0 Å². The summed E-state index contributed by atoms with van der Waals surface area (Å²) in [6.45, 7) is 12.0. The zero-order valence-electron chi connectivity index (χ0n) is 31.2. The smallest absolute Gasteiger partial charge is 0.404 e. The normalized spacial score (nSPS) is 18.8. The fourth-order valence-corrected chi connectivity index (χ4v) is 7.01. The summed E-state index contributed by atoms with van der Waals surface area (Å²) in [6, 6.07) is 0. The molecule has 0 radical (unpaired) electrons. The molecule has 0 bridgehead atoms. The van der Waals surface area contributed by atoms with Gasteiger partial charge in [0.05, 0.1) is 69.6 Å². The fourth-order valence-electron chi connectivity index (χ4n) is 7.01. The van der Waals surface area contributed by atoms with E-state index in [4.69, 9.17) is 24.7 Å². The van der Waals surface area contributed by atoms with Crippen LogP contribution in [0.3, 0.4) is 0 Å². The van der Waals surface area contributed by atoms with Crippen LogP contribution in [0.25, 0.3) is 0 Å². The Morgan fingerprint density at radius 3 is 1.94 bits per heavy atom. The molecule has 1 heterocycles. The second kappa shape index (κ2) is 21.6. The summed E-state index contributed by atoms with van der Waals surface area (Å²) in [5.74, 6) is 0.920. The van der Waals surface area contributed by atoms with Crippen LogP contribution in [0, 0.1) is 28.6 Å². The number of amides is 2. The molecule has 0 saturated heterocycles. The second-order valence-electron chi connectivity index (χ2n) is 15.4. The lowest BCUT2D eigenvalue weighted by atomic mass is 9.85. The third-order valence-corrected chi connectivity index (χ3v) is 10.5. The molecule has 3 rings (SSSR count). The third-order valence-electron chi connectivity index (χ3n) is 10.5. The Balaban J connectivity index is 1.10. The van der Waals surface area contributed by atoms with Gasteiger partial charge in [0.15, 0.2) is 0 Å². The highest BCUT2D eigenvalue weighted by atomic mass is 16.5. The van der Waals surface area contributed by atoms with Crippen LogP contribution in [0.2, 0.25) is 0 Å². The Morgan fingerprint density at radius 1 is 0.800 bits per heavy atom. The van der Waals surface area contributed by atoms with E-state index in [1.807, 2.05) is 18.5 Å². The lowest BCUT2D eigenvalue weighted by Crippen LogP contribution is -2.38. The third kappa shape index (κ3) is 14.8. The molecule has 1 aromatic heterocycles. The number of aryl methyl sites for hydroxylation is 1. The molecule has 13 nitrogen and oxygen atoms in total. The van der Waals surface area contributed by atoms with Crippen LogP contribution in [0.5, 0.6) is 0 Å². The lowest BCUT2D eigenvalue weighted by molar-refractivity contribution is -0.147. The standard InChI is InChI=1S/C37H65N5O8/c1-36(2,17-11-9-7-5-6-8-10-12-18-37(3,4)34(44)45)33(43)39-19-21-47-23-25-49-26-24-48-22-20-42-32-16-14-29-28(13-15-31(32)40-41-42)30(29)27-50-35(38)46/h28-30H,5-27H2,1-4H3,(H2,38,46)(H,39,43)(H,44,45)/t28-,29+,30-/m1/s1. The minimum absolute atomic E-state index is 0.0635. The van der Waals surface area contributed by atoms with Gasteiger partial charge < -0.3 is 35.1 Å². The summed E-state index contributed by atoms with van der Waals surface area (Å²) < 4.78 is 24.0. The predicted octanol–water partition coefficient (Wildman–Crippen LogP) is 5.32. The zero-order valence-corrected chi connectivity index (χ0v) is 31.2. The van der Waals surface area contributed by atoms with Gasteiger partial charge in [-0.1, -0.05) is 70.4 Å². The van der Waals surface area contributed by atoms with E-state index < -0.39 is 22.9 Å². The first-order valence-corrected chi connectivity index (χ1v) is 19.0. The maximum absolute atomic E-state index is 12.7. The van der Waals surface area contributed by atoms with E-state index in [1.54, 1.807) is 13.8 Å². The molecule has 1 saturated carbocycles. The molecule has 13 heteroatoms. The Bertz CT molecular complexity index is 1170. The van der Waals surface area contributed by atoms with Crippen molar-refractivity contribution in [2.75, 3.05) is 52.8 Å². The number of aliphatic carboxylic acids is 1. The molecular formula is C37H65N5O8. The number of ether oxygens (including phenoxy) is 4. The van der Waals surface area contributed by atoms with E-state index in [-0.39, 0.29) is 5.91 Å². The Kier molecular flexibility index (Phi) is 18.0. The zero-order chi connectivity index (χ0) is 36.4. The van der Waals surface area contributed by atoms with Crippen molar-refractivity contribution >= 4 is 18.0 Å². The predicted molar refractivity (Wildman–Crippen MR) is 190 cm³/mol. The topological polar surface area (TPSA) is 177 Å². The summed E-state index contributed by atoms with van der Waals surface area (Å²) in [5, 5.41) is 21.0. The average molecular weight is 708 g/mol. The number of carbonyl (C=O) groups is 3. The highest BCUT2D eigenvalue weighted by molar-refractivity contribution is 5.81. The number of primary amides is 1. The molecule has 0 aliphatic heterocycles. The summed E-state index contributed by atoms with van der Waals surface area (Å²) in [6.07, 6.45) is 13.7. The molecule has 1 aromatic rings. The number of carboxylic acids is 1. The van der Waals surface area contributed by atoms with E-state index in [0.29, 0.717) is 77.1 Å². The second-order valence-corrected chi connectivity index (χ2v) is 15.4. The molecule has 3 atom stereocenters. The first-order valence-electron chi connectivity index (χ1n) is 19.0. The van der Waals surface area contributed by atoms with Crippen molar-refractivity contribution < 1.29 is 38.4 Å².